The molecule has 624 valence electrons. The van der Waals surface area contributed by atoms with Crippen molar-refractivity contribution in [2.75, 3.05) is 29.4 Å². The predicted molar refractivity (Wildman–Crippen MR) is 497 cm³/mol. The number of rotatable bonds is 12. The normalized spacial score (nSPS) is 14.0. The van der Waals surface area contributed by atoms with Gasteiger partial charge >= 0.3 is 0 Å². The van der Waals surface area contributed by atoms with E-state index < -0.39 is 70.9 Å². The lowest BCUT2D eigenvalue weighted by atomic mass is 9.85. The molecule has 0 unspecified atom stereocenters. The summed E-state index contributed by atoms with van der Waals surface area (Å²) >= 11 is 0. The Bertz CT molecular complexity index is 6610. The molecule has 24 heteroatoms. The molecule has 6 aliphatic heterocycles. The van der Waals surface area contributed by atoms with Gasteiger partial charge < -0.3 is 0 Å². The van der Waals surface area contributed by atoms with E-state index in [9.17, 15) is 57.5 Å². The Morgan fingerprint density at radius 2 is 0.205 bits per heavy atom. The van der Waals surface area contributed by atoms with Gasteiger partial charge in [0.2, 0.25) is 0 Å². The maximum Gasteiger partial charge on any atom is 0.265 e. The number of hydrogen-bond donors (Lipinski definition) is 0. The van der Waals surface area contributed by atoms with E-state index in [4.69, 9.17) is 0 Å². The van der Waals surface area contributed by atoms with Gasteiger partial charge in [0.1, 0.15) is 0 Å². The number of carbonyl (C=O) groups excluding carboxylic acids is 12. The van der Waals surface area contributed by atoms with Crippen LogP contribution in [0.1, 0.15) is 124 Å². The lowest BCUT2D eigenvalue weighted by Crippen LogP contribution is -2.43. The van der Waals surface area contributed by atoms with Crippen molar-refractivity contribution < 1.29 is 57.5 Å². The van der Waals surface area contributed by atoms with Gasteiger partial charge in [0, 0.05) is 173 Å². The van der Waals surface area contributed by atoms with Gasteiger partial charge in [-0.05, 0) is 285 Å². The lowest BCUT2D eigenvalue weighted by molar-refractivity contribution is 0.0873. The quantitative estimate of drug-likeness (QED) is 0.103. The van der Waals surface area contributed by atoms with E-state index in [2.05, 4.69) is 29.9 Å². The highest BCUT2D eigenvalue weighted by Gasteiger charge is 2.45. The summed E-state index contributed by atoms with van der Waals surface area (Å²) in [7, 11) is 0. The van der Waals surface area contributed by atoms with Gasteiger partial charge in [-0.25, -0.2) is 29.4 Å². The summed E-state index contributed by atoms with van der Waals surface area (Å²) in [5, 5.41) is 1.97. The third kappa shape index (κ3) is 12.9. The summed E-state index contributed by atoms with van der Waals surface area (Å²) in [4.78, 5) is 197. The van der Waals surface area contributed by atoms with Crippen molar-refractivity contribution in [2.24, 2.45) is 0 Å². The summed E-state index contributed by atoms with van der Waals surface area (Å²) < 4.78 is 0. The van der Waals surface area contributed by atoms with E-state index in [0.717, 1.165) is 96.2 Å². The smallest absolute Gasteiger partial charge is 0.265 e. The third-order valence-corrected chi connectivity index (χ3v) is 24.5. The van der Waals surface area contributed by atoms with E-state index in [-0.39, 0.29) is 66.8 Å². The zero-order valence-corrected chi connectivity index (χ0v) is 68.9. The maximum absolute atomic E-state index is 13.8. The number of carbonyl (C=O) groups is 12. The van der Waals surface area contributed by atoms with Gasteiger partial charge in [-0.15, -0.1) is 0 Å². The van der Waals surface area contributed by atoms with Crippen LogP contribution in [0.4, 0.5) is 34.1 Å². The highest BCUT2D eigenvalue weighted by atomic mass is 16.2. The fraction of sp³-hybridized carbons (Fsp3) is 0. The fourth-order valence-electron chi connectivity index (χ4n) is 18.1. The Morgan fingerprint density at radius 3 is 0.303 bits per heavy atom. The van der Waals surface area contributed by atoms with Crippen LogP contribution in [0.5, 0.6) is 0 Å². The first-order chi connectivity index (χ1) is 64.5. The fourth-order valence-corrected chi connectivity index (χ4v) is 18.1. The van der Waals surface area contributed by atoms with Crippen LogP contribution in [-0.4, -0.2) is 101 Å². The molecule has 12 aromatic carbocycles. The van der Waals surface area contributed by atoms with Crippen molar-refractivity contribution in [1.29, 1.82) is 0 Å². The van der Waals surface area contributed by atoms with Crippen molar-refractivity contribution in [3.05, 3.63) is 432 Å². The molecule has 0 radical (unpaired) electrons. The van der Waals surface area contributed by atoms with E-state index in [1.54, 1.807) is 220 Å². The van der Waals surface area contributed by atoms with Gasteiger partial charge in [0.15, 0.2) is 0 Å². The predicted octanol–water partition coefficient (Wildman–Crippen LogP) is 19.7. The average Bonchev–Trinajstić information content (AvgIpc) is 0.714. The van der Waals surface area contributed by atoms with Crippen LogP contribution in [0.2, 0.25) is 0 Å². The first kappa shape index (κ1) is 79.1. The molecule has 12 heterocycles. The Labute approximate surface area is 748 Å². The lowest BCUT2D eigenvalue weighted by Gasteiger charge is -2.32. The van der Waals surface area contributed by atoms with Crippen LogP contribution in [0.25, 0.3) is 99.1 Å². The first-order valence-electron chi connectivity index (χ1n) is 41.7. The standard InChI is InChI=1S/3C36H20N4O4/c3*41-33-27-9-11-29-32-30(36(44)40(35(29)43)26-7-3-22(4-8-26)24-15-19-38-20-16-24)12-10-28(31(27)32)34(42)39(33)25-5-1-21(2-6-25)23-13-17-37-18-14-23/h3*1-20H. The van der Waals surface area contributed by atoms with Crippen molar-refractivity contribution in [1.82, 2.24) is 29.9 Å². The average molecular weight is 1720 g/mol. The van der Waals surface area contributed by atoms with Crippen LogP contribution in [0.15, 0.2) is 366 Å². The van der Waals surface area contributed by atoms with E-state index in [0.29, 0.717) is 66.4 Å². The summed E-state index contributed by atoms with van der Waals surface area (Å²) in [6.45, 7) is 0. The third-order valence-electron chi connectivity index (χ3n) is 24.5. The SMILES string of the molecule is O=C1c2ccc3c4c(ccc(c24)C(=O)N1c1ccc(-c2ccncc2)cc1)C(=O)N(c1ccc(-c2ccncc2)cc1)C3=O.O=C1c2ccc3c4c(ccc(c24)C(=O)N1c1ccc(-c2ccncc2)cc1)C(=O)N(c1ccc(-c2ccncc2)cc1)C3=O.O=C1c2ccc3c4c(ccc(c24)C(=O)N1c1ccc(-c2ccncc2)cc1)C(=O)N(c1ccc(-c2ccncc2)cc1)C3=O. The molecule has 0 atom stereocenters. The van der Waals surface area contributed by atoms with E-state index in [1.165, 1.54) is 0 Å². The number of nitrogens with zero attached hydrogens (tertiary/aromatic N) is 12. The van der Waals surface area contributed by atoms with Crippen LogP contribution >= 0.6 is 0 Å². The van der Waals surface area contributed by atoms with Crippen molar-refractivity contribution >= 4 is 137 Å². The number of hydrogen-bond acceptors (Lipinski definition) is 18. The Kier molecular flexibility index (Phi) is 19.0. The molecule has 0 fully saturated rings. The number of imide groups is 6. The number of benzene rings is 12. The number of aromatic nitrogens is 6. The minimum Gasteiger partial charge on any atom is -0.268 e. The molecular formula is C108H60N12O12. The topological polar surface area (TPSA) is 302 Å². The zero-order valence-electron chi connectivity index (χ0n) is 68.9. The van der Waals surface area contributed by atoms with Crippen LogP contribution in [-0.2, 0) is 0 Å². The second-order valence-corrected chi connectivity index (χ2v) is 31.6. The van der Waals surface area contributed by atoms with Gasteiger partial charge in [0.25, 0.3) is 70.9 Å². The number of anilines is 6. The van der Waals surface area contributed by atoms with E-state index in [1.807, 2.05) is 146 Å². The van der Waals surface area contributed by atoms with Gasteiger partial charge in [-0.1, -0.05) is 72.8 Å². The summed E-state index contributed by atoms with van der Waals surface area (Å²) in [6.07, 6.45) is 20.4. The number of pyridine rings is 6. The van der Waals surface area contributed by atoms with Gasteiger partial charge in [-0.2, -0.15) is 0 Å². The molecule has 18 aromatic rings. The van der Waals surface area contributed by atoms with Gasteiger partial charge in [-0.3, -0.25) is 87.4 Å². The van der Waals surface area contributed by atoms with Crippen LogP contribution in [0.3, 0.4) is 0 Å². The summed E-state index contributed by atoms with van der Waals surface area (Å²) in [5.41, 5.74) is 16.9. The monoisotopic (exact) mass is 1720 g/mol. The molecule has 0 saturated heterocycles. The Morgan fingerprint density at radius 1 is 0.114 bits per heavy atom. The van der Waals surface area contributed by atoms with E-state index >= 15 is 0 Å². The maximum atomic E-state index is 13.8. The molecular weight excluding hydrogens is 1660 g/mol. The molecule has 132 heavy (non-hydrogen) atoms. The molecule has 6 aliphatic rings. The molecule has 24 rings (SSSR count). The highest BCUT2D eigenvalue weighted by molar-refractivity contribution is 6.46. The molecule has 0 spiro atoms. The molecule has 6 aromatic heterocycles. The molecule has 0 N–H and O–H groups in total. The minimum absolute atomic E-state index is 0.258. The van der Waals surface area contributed by atoms with Gasteiger partial charge in [0.05, 0.1) is 34.1 Å². The molecule has 0 bridgehead atoms. The van der Waals surface area contributed by atoms with Crippen molar-refractivity contribution in [2.45, 2.75) is 0 Å². The molecule has 12 amide bonds. The summed E-state index contributed by atoms with van der Waals surface area (Å²) in [6, 6.07) is 84.2. The van der Waals surface area contributed by atoms with Crippen LogP contribution < -0.4 is 29.4 Å². The second kappa shape index (κ2) is 31.7. The number of amides is 12. The Balaban J connectivity index is 0.000000116. The minimum atomic E-state index is -0.517. The second-order valence-electron chi connectivity index (χ2n) is 31.6. The zero-order chi connectivity index (χ0) is 89.8. The molecule has 0 aliphatic carbocycles. The van der Waals surface area contributed by atoms with Crippen molar-refractivity contribution in [3.8, 4) is 66.8 Å². The molecule has 24 nitrogen and oxygen atoms in total. The Hall–Kier alpha value is -18.8. The first-order valence-corrected chi connectivity index (χ1v) is 41.7. The largest absolute Gasteiger partial charge is 0.268 e. The van der Waals surface area contributed by atoms with Crippen molar-refractivity contribution in [3.63, 3.8) is 0 Å². The molecule has 0 saturated carbocycles. The highest BCUT2D eigenvalue weighted by Crippen LogP contribution is 2.46. The van der Waals surface area contributed by atoms with Crippen LogP contribution in [0, 0.1) is 0 Å². The summed E-state index contributed by atoms with van der Waals surface area (Å²) in [5.74, 6) is -6.20.